The number of fused-ring (bicyclic) bond motifs is 1. The summed E-state index contributed by atoms with van der Waals surface area (Å²) in [6.07, 6.45) is 1.04. The van der Waals surface area contributed by atoms with Crippen LogP contribution in [0.2, 0.25) is 0 Å². The first kappa shape index (κ1) is 12.0. The summed E-state index contributed by atoms with van der Waals surface area (Å²) in [4.78, 5) is 22.5. The van der Waals surface area contributed by atoms with Gasteiger partial charge < -0.3 is 5.11 Å². The molecule has 0 aliphatic carbocycles. The fourth-order valence-electron chi connectivity index (χ4n) is 1.62. The molecule has 0 saturated heterocycles. The summed E-state index contributed by atoms with van der Waals surface area (Å²) in [6.45, 7) is 1.74. The number of hydrogen-bond donors (Lipinski definition) is 1. The van der Waals surface area contributed by atoms with E-state index in [-0.39, 0.29) is 12.1 Å². The Bertz CT molecular complexity index is 688. The van der Waals surface area contributed by atoms with E-state index >= 15 is 0 Å². The Morgan fingerprint density at radius 3 is 2.89 bits per heavy atom. The molecule has 6 heteroatoms. The van der Waals surface area contributed by atoms with Gasteiger partial charge in [0.25, 0.3) is 5.56 Å². The van der Waals surface area contributed by atoms with Crippen LogP contribution in [0, 0.1) is 0 Å². The van der Waals surface area contributed by atoms with E-state index in [1.807, 2.05) is 0 Å². The first-order valence-corrected chi connectivity index (χ1v) is 5.30. The average molecular weight is 245 g/mol. The van der Waals surface area contributed by atoms with Crippen LogP contribution in [0.4, 0.5) is 0 Å². The highest BCUT2D eigenvalue weighted by atomic mass is 16.4. The maximum atomic E-state index is 12.0. The van der Waals surface area contributed by atoms with Crippen LogP contribution in [0.3, 0.4) is 0 Å². The van der Waals surface area contributed by atoms with Crippen molar-refractivity contribution in [3.8, 4) is 0 Å². The number of aliphatic carboxylic acids is 1. The third kappa shape index (κ3) is 2.42. The molecule has 1 heterocycles. The zero-order valence-corrected chi connectivity index (χ0v) is 9.70. The number of carboxylic acids is 1. The largest absolute Gasteiger partial charge is 0.478 e. The minimum absolute atomic E-state index is 0.114. The third-order valence-corrected chi connectivity index (χ3v) is 2.40. The number of aromatic nitrogens is 3. The second-order valence-electron chi connectivity index (χ2n) is 3.90. The molecule has 6 nitrogen and oxygen atoms in total. The topological polar surface area (TPSA) is 85.1 Å². The van der Waals surface area contributed by atoms with Gasteiger partial charge in [0, 0.05) is 6.08 Å². The first-order chi connectivity index (χ1) is 8.58. The van der Waals surface area contributed by atoms with Gasteiger partial charge in [-0.05, 0) is 24.6 Å². The number of carboxylic acid groups (broad SMARTS) is 1. The summed E-state index contributed by atoms with van der Waals surface area (Å²) in [7, 11) is 0. The Morgan fingerprint density at radius 2 is 2.17 bits per heavy atom. The summed E-state index contributed by atoms with van der Waals surface area (Å²) in [5, 5.41) is 16.8. The maximum Gasteiger partial charge on any atom is 0.328 e. The molecule has 0 atom stereocenters. The number of benzene rings is 1. The van der Waals surface area contributed by atoms with Gasteiger partial charge in [-0.25, -0.2) is 9.48 Å². The molecule has 0 saturated carbocycles. The van der Waals surface area contributed by atoms with Crippen LogP contribution in [0.15, 0.2) is 40.7 Å². The van der Waals surface area contributed by atoms with Crippen LogP contribution >= 0.6 is 0 Å². The van der Waals surface area contributed by atoms with E-state index in [9.17, 15) is 9.59 Å². The van der Waals surface area contributed by atoms with Crippen LogP contribution in [-0.2, 0) is 11.3 Å². The molecular weight excluding hydrogens is 234 g/mol. The van der Waals surface area contributed by atoms with E-state index in [1.54, 1.807) is 31.2 Å². The van der Waals surface area contributed by atoms with E-state index < -0.39 is 5.97 Å². The summed E-state index contributed by atoms with van der Waals surface area (Å²) in [6, 6.07) is 6.89. The second kappa shape index (κ2) is 4.79. The van der Waals surface area contributed by atoms with Gasteiger partial charge >= 0.3 is 5.97 Å². The molecule has 0 bridgehead atoms. The van der Waals surface area contributed by atoms with E-state index in [2.05, 4.69) is 10.3 Å². The lowest BCUT2D eigenvalue weighted by Crippen LogP contribution is -2.24. The van der Waals surface area contributed by atoms with Crippen molar-refractivity contribution in [2.75, 3.05) is 0 Å². The molecular formula is C12H11N3O3. The highest BCUT2D eigenvalue weighted by Gasteiger charge is 2.05. The smallest absolute Gasteiger partial charge is 0.328 e. The fourth-order valence-corrected chi connectivity index (χ4v) is 1.62. The third-order valence-electron chi connectivity index (χ3n) is 2.40. The summed E-state index contributed by atoms with van der Waals surface area (Å²) in [5.41, 5.74) is 0.770. The normalized spacial score (nSPS) is 11.7. The molecule has 0 aliphatic rings. The van der Waals surface area contributed by atoms with Crippen molar-refractivity contribution >= 4 is 16.9 Å². The molecule has 0 spiro atoms. The van der Waals surface area contributed by atoms with Crippen LogP contribution in [0.5, 0.6) is 0 Å². The summed E-state index contributed by atoms with van der Waals surface area (Å²) in [5.74, 6) is -1.05. The highest BCUT2D eigenvalue weighted by Crippen LogP contribution is 2.04. The Labute approximate surface area is 102 Å². The summed E-state index contributed by atoms with van der Waals surface area (Å²) >= 11 is 0. The van der Waals surface area contributed by atoms with Gasteiger partial charge in [-0.15, -0.1) is 5.10 Å². The van der Waals surface area contributed by atoms with Gasteiger partial charge in [0.05, 0.1) is 11.9 Å². The summed E-state index contributed by atoms with van der Waals surface area (Å²) < 4.78 is 1.15. The van der Waals surface area contributed by atoms with E-state index in [0.717, 1.165) is 10.8 Å². The minimum atomic E-state index is -1.05. The Balaban J connectivity index is 2.44. The molecule has 0 fully saturated rings. The molecule has 0 radical (unpaired) electrons. The number of rotatable bonds is 3. The van der Waals surface area contributed by atoms with E-state index in [0.29, 0.717) is 16.5 Å². The Hall–Kier alpha value is -2.50. The molecule has 0 amide bonds. The zero-order chi connectivity index (χ0) is 13.1. The molecule has 1 aromatic heterocycles. The van der Waals surface area contributed by atoms with Gasteiger partial charge in [-0.2, -0.15) is 0 Å². The van der Waals surface area contributed by atoms with Crippen molar-refractivity contribution in [3.63, 3.8) is 0 Å². The van der Waals surface area contributed by atoms with Crippen molar-refractivity contribution < 1.29 is 9.90 Å². The number of allylic oxidation sites excluding steroid dienone is 1. The van der Waals surface area contributed by atoms with Crippen molar-refractivity contribution in [3.05, 3.63) is 46.3 Å². The van der Waals surface area contributed by atoms with Gasteiger partial charge in [-0.3, -0.25) is 4.79 Å². The van der Waals surface area contributed by atoms with Crippen molar-refractivity contribution in [1.82, 2.24) is 15.0 Å². The Kier molecular flexibility index (Phi) is 3.18. The molecule has 2 rings (SSSR count). The van der Waals surface area contributed by atoms with Crippen molar-refractivity contribution in [2.24, 2.45) is 0 Å². The molecule has 92 valence electrons. The standard InChI is InChI=1S/C12H11N3O3/c1-8(6-11(16)17)7-15-12(18)9-4-2-3-5-10(9)13-14-15/h2-6H,7H2,1H3,(H,16,17). The lowest BCUT2D eigenvalue weighted by molar-refractivity contribution is -0.131. The second-order valence-corrected chi connectivity index (χ2v) is 3.90. The van der Waals surface area contributed by atoms with E-state index in [4.69, 9.17) is 5.11 Å². The number of hydrogen-bond acceptors (Lipinski definition) is 4. The van der Waals surface area contributed by atoms with E-state index in [1.165, 1.54) is 0 Å². The predicted molar refractivity (Wildman–Crippen MR) is 65.2 cm³/mol. The van der Waals surface area contributed by atoms with Gasteiger partial charge in [-0.1, -0.05) is 17.3 Å². The molecule has 2 aromatic rings. The number of carbonyl (C=O) groups is 1. The van der Waals surface area contributed by atoms with Crippen LogP contribution in [0.1, 0.15) is 6.92 Å². The minimum Gasteiger partial charge on any atom is -0.478 e. The first-order valence-electron chi connectivity index (χ1n) is 5.30. The lowest BCUT2D eigenvalue weighted by atomic mass is 10.2. The monoisotopic (exact) mass is 245 g/mol. The lowest BCUT2D eigenvalue weighted by Gasteiger charge is -2.04. The predicted octanol–water partition coefficient (Wildman–Crippen LogP) is 0.822. The van der Waals surface area contributed by atoms with Crippen LogP contribution in [0.25, 0.3) is 10.9 Å². The SMILES string of the molecule is CC(=CC(=O)O)Cn1nnc2ccccc2c1=O. The highest BCUT2D eigenvalue weighted by molar-refractivity contribution is 5.80. The van der Waals surface area contributed by atoms with Gasteiger partial charge in [0.2, 0.25) is 0 Å². The molecule has 0 aliphatic heterocycles. The fraction of sp³-hybridized carbons (Fsp3) is 0.167. The quantitative estimate of drug-likeness (QED) is 0.809. The molecule has 1 aromatic carbocycles. The maximum absolute atomic E-state index is 12.0. The van der Waals surface area contributed by atoms with Gasteiger partial charge in [0.1, 0.15) is 5.52 Å². The van der Waals surface area contributed by atoms with Crippen LogP contribution in [-0.4, -0.2) is 26.1 Å². The van der Waals surface area contributed by atoms with Gasteiger partial charge in [0.15, 0.2) is 0 Å². The van der Waals surface area contributed by atoms with Crippen molar-refractivity contribution in [1.29, 1.82) is 0 Å². The average Bonchev–Trinajstić information content (AvgIpc) is 2.32. The molecule has 18 heavy (non-hydrogen) atoms. The van der Waals surface area contributed by atoms with Crippen molar-refractivity contribution in [2.45, 2.75) is 13.5 Å². The zero-order valence-electron chi connectivity index (χ0n) is 9.70. The van der Waals surface area contributed by atoms with Crippen LogP contribution < -0.4 is 5.56 Å². The number of nitrogens with zero attached hydrogens (tertiary/aromatic N) is 3. The molecule has 0 unspecified atom stereocenters. The Morgan fingerprint density at radius 1 is 1.44 bits per heavy atom. The molecule has 1 N–H and O–H groups in total.